The summed E-state index contributed by atoms with van der Waals surface area (Å²) in [5.41, 5.74) is 1.06. The maximum absolute atomic E-state index is 11.7. The molecule has 6 nitrogen and oxygen atoms in total. The number of carbonyl (C=O) groups excluding carboxylic acids is 2. The molecule has 1 aliphatic heterocycles. The minimum atomic E-state index is -0.336. The van der Waals surface area contributed by atoms with Crippen molar-refractivity contribution < 1.29 is 19.1 Å². The van der Waals surface area contributed by atoms with Crippen LogP contribution < -0.4 is 10.1 Å². The van der Waals surface area contributed by atoms with E-state index >= 15 is 0 Å². The molecule has 1 heterocycles. The van der Waals surface area contributed by atoms with Gasteiger partial charge in [-0.1, -0.05) is 18.2 Å². The fourth-order valence-corrected chi connectivity index (χ4v) is 2.20. The summed E-state index contributed by atoms with van der Waals surface area (Å²) < 4.78 is 10.1. The van der Waals surface area contributed by atoms with E-state index in [2.05, 4.69) is 5.32 Å². The van der Waals surface area contributed by atoms with Crippen molar-refractivity contribution >= 4 is 12.0 Å². The number of para-hydroxylation sites is 1. The van der Waals surface area contributed by atoms with E-state index < -0.39 is 0 Å². The summed E-state index contributed by atoms with van der Waals surface area (Å²) in [5.74, 6) is 0.760. The van der Waals surface area contributed by atoms with E-state index in [-0.39, 0.29) is 12.0 Å². The van der Waals surface area contributed by atoms with Crippen molar-refractivity contribution in [1.82, 2.24) is 10.2 Å². The number of cyclic esters (lactones) is 1. The molecular formula is C15H20N2O4. The summed E-state index contributed by atoms with van der Waals surface area (Å²) in [7, 11) is 1.63. The maximum Gasteiger partial charge on any atom is 0.409 e. The van der Waals surface area contributed by atoms with Gasteiger partial charge in [-0.25, -0.2) is 4.79 Å². The second-order valence-electron chi connectivity index (χ2n) is 4.76. The topological polar surface area (TPSA) is 67.9 Å². The van der Waals surface area contributed by atoms with Crippen molar-refractivity contribution in [2.24, 2.45) is 0 Å². The molecule has 114 valence electrons. The number of methoxy groups -OCH3 is 1. The first kappa shape index (κ1) is 15.2. The van der Waals surface area contributed by atoms with Crippen molar-refractivity contribution in [1.29, 1.82) is 0 Å². The molecule has 0 radical (unpaired) electrons. The molecule has 1 fully saturated rings. The number of nitrogens with zero attached hydrogens (tertiary/aromatic N) is 1. The molecule has 2 rings (SSSR count). The third kappa shape index (κ3) is 4.37. The van der Waals surface area contributed by atoms with Gasteiger partial charge in [0.2, 0.25) is 5.91 Å². The van der Waals surface area contributed by atoms with E-state index in [0.29, 0.717) is 39.1 Å². The highest BCUT2D eigenvalue weighted by Crippen LogP contribution is 2.17. The Morgan fingerprint density at radius 3 is 2.95 bits per heavy atom. The first-order valence-electron chi connectivity index (χ1n) is 7.01. The lowest BCUT2D eigenvalue weighted by atomic mass is 10.1. The van der Waals surface area contributed by atoms with Gasteiger partial charge in [-0.2, -0.15) is 0 Å². The summed E-state index contributed by atoms with van der Waals surface area (Å²) in [6.45, 7) is 1.92. The van der Waals surface area contributed by atoms with Gasteiger partial charge in [0, 0.05) is 19.5 Å². The Bertz CT molecular complexity index is 504. The Morgan fingerprint density at radius 1 is 1.43 bits per heavy atom. The first-order chi connectivity index (χ1) is 10.2. The van der Waals surface area contributed by atoms with Crippen LogP contribution in [0.15, 0.2) is 24.3 Å². The summed E-state index contributed by atoms with van der Waals surface area (Å²) in [6.07, 6.45) is 0.666. The van der Waals surface area contributed by atoms with Gasteiger partial charge in [0.05, 0.1) is 13.7 Å². The smallest absolute Gasteiger partial charge is 0.409 e. The van der Waals surface area contributed by atoms with E-state index in [4.69, 9.17) is 9.47 Å². The quantitative estimate of drug-likeness (QED) is 0.820. The van der Waals surface area contributed by atoms with Crippen LogP contribution in [0, 0.1) is 0 Å². The largest absolute Gasteiger partial charge is 0.496 e. The lowest BCUT2D eigenvalue weighted by Gasteiger charge is -2.12. The highest BCUT2D eigenvalue weighted by molar-refractivity contribution is 5.77. The minimum Gasteiger partial charge on any atom is -0.496 e. The van der Waals surface area contributed by atoms with Gasteiger partial charge in [-0.3, -0.25) is 4.79 Å². The van der Waals surface area contributed by atoms with Crippen LogP contribution >= 0.6 is 0 Å². The van der Waals surface area contributed by atoms with Gasteiger partial charge in [-0.05, 0) is 18.1 Å². The van der Waals surface area contributed by atoms with Crippen LogP contribution in [0.2, 0.25) is 0 Å². The average Bonchev–Trinajstić information content (AvgIpc) is 2.91. The van der Waals surface area contributed by atoms with Crippen LogP contribution in [-0.4, -0.2) is 50.3 Å². The average molecular weight is 292 g/mol. The number of amides is 2. The van der Waals surface area contributed by atoms with Crippen molar-refractivity contribution in [3.05, 3.63) is 29.8 Å². The van der Waals surface area contributed by atoms with Crippen molar-refractivity contribution in [2.45, 2.75) is 12.8 Å². The molecule has 0 aromatic heterocycles. The van der Waals surface area contributed by atoms with Crippen LogP contribution in [0.4, 0.5) is 4.79 Å². The summed E-state index contributed by atoms with van der Waals surface area (Å²) in [4.78, 5) is 24.5. The Hall–Kier alpha value is -2.24. The molecule has 0 aliphatic carbocycles. The molecule has 0 spiro atoms. The standard InChI is InChI=1S/C15H20N2O4/c1-20-13-5-3-2-4-12(13)6-8-16-14(18)7-9-17-10-11-21-15(17)19/h2-5H,6-11H2,1H3,(H,16,18). The third-order valence-electron chi connectivity index (χ3n) is 3.36. The minimum absolute atomic E-state index is 0.0652. The lowest BCUT2D eigenvalue weighted by Crippen LogP contribution is -2.32. The van der Waals surface area contributed by atoms with Crippen LogP contribution in [0.1, 0.15) is 12.0 Å². The van der Waals surface area contributed by atoms with Gasteiger partial charge < -0.3 is 19.7 Å². The molecule has 21 heavy (non-hydrogen) atoms. The molecule has 1 N–H and O–H groups in total. The molecule has 1 aromatic carbocycles. The van der Waals surface area contributed by atoms with Crippen LogP contribution in [0.5, 0.6) is 5.75 Å². The third-order valence-corrected chi connectivity index (χ3v) is 3.36. The summed E-state index contributed by atoms with van der Waals surface area (Å²) in [6, 6.07) is 7.73. The SMILES string of the molecule is COc1ccccc1CCNC(=O)CCN1CCOC1=O. The van der Waals surface area contributed by atoms with Crippen molar-refractivity contribution in [3.63, 3.8) is 0 Å². The normalized spacial score (nSPS) is 14.0. The lowest BCUT2D eigenvalue weighted by molar-refractivity contribution is -0.121. The highest BCUT2D eigenvalue weighted by Gasteiger charge is 2.21. The van der Waals surface area contributed by atoms with E-state index in [1.165, 1.54) is 0 Å². The zero-order valence-electron chi connectivity index (χ0n) is 12.1. The zero-order chi connectivity index (χ0) is 15.1. The molecule has 0 unspecified atom stereocenters. The van der Waals surface area contributed by atoms with Gasteiger partial charge in [0.25, 0.3) is 0 Å². The Morgan fingerprint density at radius 2 is 2.24 bits per heavy atom. The molecule has 2 amide bonds. The number of ether oxygens (including phenoxy) is 2. The molecule has 6 heteroatoms. The second kappa shape index (κ2) is 7.52. The molecule has 0 bridgehead atoms. The number of rotatable bonds is 7. The molecule has 1 aromatic rings. The van der Waals surface area contributed by atoms with Crippen LogP contribution in [0.3, 0.4) is 0 Å². The first-order valence-corrected chi connectivity index (χ1v) is 7.01. The van der Waals surface area contributed by atoms with Gasteiger partial charge in [-0.15, -0.1) is 0 Å². The maximum atomic E-state index is 11.7. The van der Waals surface area contributed by atoms with Crippen molar-refractivity contribution in [2.75, 3.05) is 33.4 Å². The molecule has 1 saturated heterocycles. The number of nitrogens with one attached hydrogen (secondary N) is 1. The molecule has 1 aliphatic rings. The van der Waals surface area contributed by atoms with Gasteiger partial charge in [0.15, 0.2) is 0 Å². The Labute approximate surface area is 124 Å². The summed E-state index contributed by atoms with van der Waals surface area (Å²) >= 11 is 0. The monoisotopic (exact) mass is 292 g/mol. The number of carbonyl (C=O) groups is 2. The number of hydrogen-bond donors (Lipinski definition) is 1. The Kier molecular flexibility index (Phi) is 5.43. The fourth-order valence-electron chi connectivity index (χ4n) is 2.20. The van der Waals surface area contributed by atoms with Gasteiger partial charge >= 0.3 is 6.09 Å². The fraction of sp³-hybridized carbons (Fsp3) is 0.467. The predicted molar refractivity (Wildman–Crippen MR) is 77.2 cm³/mol. The molecule has 0 saturated carbocycles. The number of benzene rings is 1. The predicted octanol–water partition coefficient (Wildman–Crippen LogP) is 1.20. The Balaban J connectivity index is 1.68. The molecule has 0 atom stereocenters. The van der Waals surface area contributed by atoms with E-state index in [9.17, 15) is 9.59 Å². The van der Waals surface area contributed by atoms with Crippen LogP contribution in [0.25, 0.3) is 0 Å². The van der Waals surface area contributed by atoms with E-state index in [0.717, 1.165) is 11.3 Å². The van der Waals surface area contributed by atoms with E-state index in [1.807, 2.05) is 24.3 Å². The summed E-state index contributed by atoms with van der Waals surface area (Å²) in [5, 5.41) is 2.85. The van der Waals surface area contributed by atoms with Crippen LogP contribution in [-0.2, 0) is 16.0 Å². The highest BCUT2D eigenvalue weighted by atomic mass is 16.6. The van der Waals surface area contributed by atoms with Gasteiger partial charge in [0.1, 0.15) is 12.4 Å². The molecular weight excluding hydrogens is 272 g/mol. The second-order valence-corrected chi connectivity index (χ2v) is 4.76. The zero-order valence-corrected chi connectivity index (χ0v) is 12.1. The number of hydrogen-bond acceptors (Lipinski definition) is 4. The van der Waals surface area contributed by atoms with Crippen molar-refractivity contribution in [3.8, 4) is 5.75 Å². The van der Waals surface area contributed by atoms with E-state index in [1.54, 1.807) is 12.0 Å².